The molecule has 1 N–H and O–H groups in total. The molecule has 1 aromatic heterocycles. The molecule has 166 valence electrons. The number of allylic oxidation sites excluding steroid dienone is 2. The number of fused-ring (bicyclic) bond motifs is 3. The van der Waals surface area contributed by atoms with E-state index >= 15 is 0 Å². The molecule has 2 amide bonds. The minimum atomic E-state index is 0.0211. The standard InChI is InChI=1S/C26H29N3O2S/c1-17-24(14-28-25(30)16-32-21-5-3-2-4-6-21)22-9-10-29(15-20(22)13-27-17)26(31)23-12-18-7-8-19(23)11-18/h2-8,13,18-19,23H,9-12,14-16H2,1H3,(H,28,30)/t18-,19+,23-/m1/s1. The van der Waals surface area contributed by atoms with Gasteiger partial charge in [0.15, 0.2) is 0 Å². The highest BCUT2D eigenvalue weighted by Gasteiger charge is 2.42. The van der Waals surface area contributed by atoms with E-state index in [1.807, 2.05) is 48.4 Å². The summed E-state index contributed by atoms with van der Waals surface area (Å²) in [7, 11) is 0. The van der Waals surface area contributed by atoms with Crippen LogP contribution < -0.4 is 5.32 Å². The molecule has 5 rings (SSSR count). The predicted octanol–water partition coefficient (Wildman–Crippen LogP) is 3.90. The molecule has 1 aliphatic heterocycles. The fourth-order valence-electron chi connectivity index (χ4n) is 5.35. The van der Waals surface area contributed by atoms with E-state index in [0.717, 1.165) is 47.5 Å². The van der Waals surface area contributed by atoms with Crippen molar-refractivity contribution in [2.24, 2.45) is 17.8 Å². The van der Waals surface area contributed by atoms with Crippen molar-refractivity contribution in [2.45, 2.75) is 44.2 Å². The molecule has 1 fully saturated rings. The second-order valence-electron chi connectivity index (χ2n) is 9.10. The average Bonchev–Trinajstić information content (AvgIpc) is 3.46. The number of aryl methyl sites for hydroxylation is 1. The molecule has 1 aromatic carbocycles. The number of pyridine rings is 1. The van der Waals surface area contributed by atoms with E-state index in [1.165, 1.54) is 5.56 Å². The maximum Gasteiger partial charge on any atom is 0.230 e. The van der Waals surface area contributed by atoms with Crippen LogP contribution in [0, 0.1) is 24.7 Å². The third-order valence-electron chi connectivity index (χ3n) is 7.08. The van der Waals surface area contributed by atoms with E-state index in [0.29, 0.717) is 36.6 Å². The summed E-state index contributed by atoms with van der Waals surface area (Å²) >= 11 is 1.54. The van der Waals surface area contributed by atoms with Crippen LogP contribution in [-0.4, -0.2) is 34.0 Å². The van der Waals surface area contributed by atoms with E-state index in [4.69, 9.17) is 0 Å². The first kappa shape index (κ1) is 21.3. The molecular formula is C26H29N3O2S. The highest BCUT2D eigenvalue weighted by atomic mass is 32.2. The number of hydrogen-bond donors (Lipinski definition) is 1. The van der Waals surface area contributed by atoms with Crippen molar-refractivity contribution < 1.29 is 9.59 Å². The van der Waals surface area contributed by atoms with E-state index in [-0.39, 0.29) is 11.8 Å². The SMILES string of the molecule is Cc1ncc2c(c1CNC(=O)CSc1ccccc1)CCN(C(=O)[C@@H]1C[C@@H]3C=C[C@H]1C3)C2. The summed E-state index contributed by atoms with van der Waals surface area (Å²) in [5.74, 6) is 1.92. The van der Waals surface area contributed by atoms with Gasteiger partial charge in [-0.25, -0.2) is 0 Å². The number of nitrogens with one attached hydrogen (secondary N) is 1. The Morgan fingerprint density at radius 2 is 2.03 bits per heavy atom. The highest BCUT2D eigenvalue weighted by Crippen LogP contribution is 2.44. The van der Waals surface area contributed by atoms with Gasteiger partial charge >= 0.3 is 0 Å². The Kier molecular flexibility index (Phi) is 6.05. The van der Waals surface area contributed by atoms with Crippen LogP contribution in [0.15, 0.2) is 53.6 Å². The molecule has 1 saturated carbocycles. The number of carbonyl (C=O) groups is 2. The van der Waals surface area contributed by atoms with Gasteiger partial charge in [0.05, 0.1) is 5.75 Å². The van der Waals surface area contributed by atoms with Crippen LogP contribution in [0.3, 0.4) is 0 Å². The molecule has 2 aliphatic carbocycles. The summed E-state index contributed by atoms with van der Waals surface area (Å²) in [5, 5.41) is 3.07. The second kappa shape index (κ2) is 9.10. The molecule has 0 unspecified atom stereocenters. The number of thioether (sulfide) groups is 1. The lowest BCUT2D eigenvalue weighted by atomic mass is 9.90. The van der Waals surface area contributed by atoms with Crippen LogP contribution in [-0.2, 0) is 29.1 Å². The number of hydrogen-bond acceptors (Lipinski definition) is 4. The van der Waals surface area contributed by atoms with Crippen LogP contribution in [0.1, 0.15) is 35.2 Å². The van der Waals surface area contributed by atoms with E-state index < -0.39 is 0 Å². The zero-order valence-electron chi connectivity index (χ0n) is 18.4. The molecule has 3 atom stereocenters. The fourth-order valence-corrected chi connectivity index (χ4v) is 6.10. The molecule has 2 bridgehead atoms. The van der Waals surface area contributed by atoms with Crippen molar-refractivity contribution in [3.05, 3.63) is 71.1 Å². The van der Waals surface area contributed by atoms with Crippen molar-refractivity contribution in [3.8, 4) is 0 Å². The topological polar surface area (TPSA) is 62.3 Å². The van der Waals surface area contributed by atoms with Gasteiger partial charge in [0.2, 0.25) is 11.8 Å². The quantitative estimate of drug-likeness (QED) is 0.539. The second-order valence-corrected chi connectivity index (χ2v) is 10.1. The first-order valence-electron chi connectivity index (χ1n) is 11.5. The van der Waals surface area contributed by atoms with Crippen LogP contribution in [0.25, 0.3) is 0 Å². The van der Waals surface area contributed by atoms with Gasteiger partial charge in [-0.15, -0.1) is 11.8 Å². The van der Waals surface area contributed by atoms with Gasteiger partial charge in [-0.05, 0) is 66.8 Å². The van der Waals surface area contributed by atoms with Crippen molar-refractivity contribution in [3.63, 3.8) is 0 Å². The first-order chi connectivity index (χ1) is 15.6. The summed E-state index contributed by atoms with van der Waals surface area (Å²) in [6.07, 6.45) is 9.43. The molecule has 3 aliphatic rings. The lowest BCUT2D eigenvalue weighted by Gasteiger charge is -2.33. The van der Waals surface area contributed by atoms with Crippen LogP contribution >= 0.6 is 11.8 Å². The Bertz CT molecular complexity index is 1050. The van der Waals surface area contributed by atoms with E-state index in [1.54, 1.807) is 11.8 Å². The molecule has 2 heterocycles. The van der Waals surface area contributed by atoms with Crippen LogP contribution in [0.5, 0.6) is 0 Å². The van der Waals surface area contributed by atoms with Crippen molar-refractivity contribution in [1.29, 1.82) is 0 Å². The van der Waals surface area contributed by atoms with Gasteiger partial charge in [-0.1, -0.05) is 30.4 Å². The number of carbonyl (C=O) groups excluding carboxylic acids is 2. The van der Waals surface area contributed by atoms with Gasteiger partial charge in [0, 0.05) is 42.3 Å². The number of benzene rings is 1. The smallest absolute Gasteiger partial charge is 0.230 e. The Morgan fingerprint density at radius 1 is 1.19 bits per heavy atom. The molecule has 2 aromatic rings. The minimum Gasteiger partial charge on any atom is -0.351 e. The Morgan fingerprint density at radius 3 is 2.78 bits per heavy atom. The average molecular weight is 448 g/mol. The van der Waals surface area contributed by atoms with Crippen LogP contribution in [0.4, 0.5) is 0 Å². The fraction of sp³-hybridized carbons (Fsp3) is 0.423. The van der Waals surface area contributed by atoms with Gasteiger partial charge in [-0.3, -0.25) is 14.6 Å². The summed E-state index contributed by atoms with van der Waals surface area (Å²) in [4.78, 5) is 33.3. The van der Waals surface area contributed by atoms with Crippen molar-refractivity contribution in [1.82, 2.24) is 15.2 Å². The molecule has 0 spiro atoms. The molecular weight excluding hydrogens is 418 g/mol. The first-order valence-corrected chi connectivity index (χ1v) is 12.4. The number of aromatic nitrogens is 1. The van der Waals surface area contributed by atoms with E-state index in [2.05, 4.69) is 22.5 Å². The Hall–Kier alpha value is -2.60. The highest BCUT2D eigenvalue weighted by molar-refractivity contribution is 8.00. The van der Waals surface area contributed by atoms with Crippen molar-refractivity contribution >= 4 is 23.6 Å². The summed E-state index contributed by atoms with van der Waals surface area (Å²) in [6.45, 7) is 3.86. The van der Waals surface area contributed by atoms with Gasteiger partial charge < -0.3 is 10.2 Å². The van der Waals surface area contributed by atoms with Crippen LogP contribution in [0.2, 0.25) is 0 Å². The summed E-state index contributed by atoms with van der Waals surface area (Å²) < 4.78 is 0. The lowest BCUT2D eigenvalue weighted by Crippen LogP contribution is -2.41. The molecule has 0 saturated heterocycles. The van der Waals surface area contributed by atoms with E-state index in [9.17, 15) is 9.59 Å². The molecule has 32 heavy (non-hydrogen) atoms. The van der Waals surface area contributed by atoms with Gasteiger partial charge in [0.1, 0.15) is 0 Å². The van der Waals surface area contributed by atoms with Crippen molar-refractivity contribution in [2.75, 3.05) is 12.3 Å². The minimum absolute atomic E-state index is 0.0211. The third kappa shape index (κ3) is 4.33. The third-order valence-corrected chi connectivity index (χ3v) is 8.09. The lowest BCUT2D eigenvalue weighted by molar-refractivity contribution is -0.137. The zero-order valence-corrected chi connectivity index (χ0v) is 19.2. The number of amides is 2. The molecule has 6 heteroatoms. The van der Waals surface area contributed by atoms with Gasteiger partial charge in [0.25, 0.3) is 0 Å². The summed E-state index contributed by atoms with van der Waals surface area (Å²) in [5.41, 5.74) is 4.44. The number of nitrogens with zero attached hydrogens (tertiary/aromatic N) is 2. The maximum absolute atomic E-state index is 13.2. The number of rotatable bonds is 6. The predicted molar refractivity (Wildman–Crippen MR) is 126 cm³/mol. The largest absolute Gasteiger partial charge is 0.351 e. The monoisotopic (exact) mass is 447 g/mol. The Labute approximate surface area is 193 Å². The maximum atomic E-state index is 13.2. The zero-order chi connectivity index (χ0) is 22.1. The normalized spacial score (nSPS) is 23.3. The summed E-state index contributed by atoms with van der Waals surface area (Å²) in [6, 6.07) is 9.96. The van der Waals surface area contributed by atoms with Gasteiger partial charge in [-0.2, -0.15) is 0 Å². The molecule has 5 nitrogen and oxygen atoms in total. The Balaban J connectivity index is 1.21. The molecule has 0 radical (unpaired) electrons.